The average molecular weight is 515 g/mol. The van der Waals surface area contributed by atoms with Gasteiger partial charge in [0.15, 0.2) is 0 Å². The molecule has 1 aromatic heterocycles. The van der Waals surface area contributed by atoms with Crippen molar-refractivity contribution in [2.75, 3.05) is 24.3 Å². The molecule has 0 fully saturated rings. The molecule has 150 valence electrons. The minimum atomic E-state index is -0.445. The number of carbonyl (C=O) groups is 1. The van der Waals surface area contributed by atoms with Crippen molar-refractivity contribution < 1.29 is 14.7 Å². The van der Waals surface area contributed by atoms with E-state index < -0.39 is 5.91 Å². The maximum absolute atomic E-state index is 11.4. The van der Waals surface area contributed by atoms with E-state index in [1.54, 1.807) is 12.6 Å². The Morgan fingerprint density at radius 3 is 2.89 bits per heavy atom. The van der Waals surface area contributed by atoms with Gasteiger partial charge in [-0.25, -0.2) is 15.4 Å². The van der Waals surface area contributed by atoms with E-state index in [-0.39, 0.29) is 6.42 Å². The summed E-state index contributed by atoms with van der Waals surface area (Å²) in [7, 11) is 1.62. The number of nitrogens with zero attached hydrogens (tertiary/aromatic N) is 3. The zero-order valence-electron chi connectivity index (χ0n) is 15.6. The number of ether oxygens (including phenoxy) is 1. The Hall–Kier alpha value is -2.05. The summed E-state index contributed by atoms with van der Waals surface area (Å²) in [6.07, 6.45) is 2.06. The van der Waals surface area contributed by atoms with Crippen molar-refractivity contribution in [2.45, 2.75) is 24.7 Å². The molecule has 0 radical (unpaired) electrons. The Morgan fingerprint density at radius 2 is 2.21 bits per heavy atom. The largest absolute Gasteiger partial charge is 0.497 e. The Labute approximate surface area is 181 Å². The maximum Gasteiger partial charge on any atom is 0.243 e. The molecule has 8 nitrogen and oxygen atoms in total. The number of rotatable bonds is 9. The van der Waals surface area contributed by atoms with Crippen molar-refractivity contribution in [1.29, 1.82) is 0 Å². The Morgan fingerprint density at radius 1 is 1.46 bits per heavy atom. The standard InChI is InChI=1S/C18H22IN5O3S/c1-11-17(20)21-10-22-18(11)24(8-4-5-16(25)23-26)12(2)28-15-9-13(27-3)6-7-14(15)19/h6-7,9-10,26H,2,4-5,8H2,1,3H3,(H,23,25)(H2,20,21,22). The monoisotopic (exact) mass is 515 g/mol. The van der Waals surface area contributed by atoms with Crippen LogP contribution in [0.4, 0.5) is 11.6 Å². The van der Waals surface area contributed by atoms with Gasteiger partial charge in [0.2, 0.25) is 5.91 Å². The molecule has 2 rings (SSSR count). The number of halogens is 1. The fraction of sp³-hybridized carbons (Fsp3) is 0.278. The lowest BCUT2D eigenvalue weighted by atomic mass is 10.2. The smallest absolute Gasteiger partial charge is 0.243 e. The van der Waals surface area contributed by atoms with Crippen molar-refractivity contribution in [3.05, 3.63) is 45.3 Å². The molecule has 10 heteroatoms. The number of nitrogens with two attached hydrogens (primary N) is 1. The first-order valence-corrected chi connectivity index (χ1v) is 10.2. The van der Waals surface area contributed by atoms with Crippen LogP contribution in [0.5, 0.6) is 5.75 Å². The van der Waals surface area contributed by atoms with Crippen molar-refractivity contribution in [2.24, 2.45) is 0 Å². The number of amides is 1. The van der Waals surface area contributed by atoms with E-state index in [1.165, 1.54) is 18.1 Å². The molecule has 1 amide bonds. The van der Waals surface area contributed by atoms with Crippen LogP contribution in [0.1, 0.15) is 18.4 Å². The fourth-order valence-corrected chi connectivity index (χ4v) is 3.95. The van der Waals surface area contributed by atoms with E-state index in [1.807, 2.05) is 30.0 Å². The first kappa shape index (κ1) is 22.2. The quantitative estimate of drug-likeness (QED) is 0.202. The molecular formula is C18H22IN5O3S. The van der Waals surface area contributed by atoms with Gasteiger partial charge >= 0.3 is 0 Å². The molecule has 0 bridgehead atoms. The summed E-state index contributed by atoms with van der Waals surface area (Å²) in [5.41, 5.74) is 8.32. The number of aromatic nitrogens is 2. The van der Waals surface area contributed by atoms with Gasteiger partial charge in [0, 0.05) is 27.0 Å². The van der Waals surface area contributed by atoms with Crippen LogP contribution in [0.2, 0.25) is 0 Å². The van der Waals surface area contributed by atoms with Crippen LogP contribution in [-0.2, 0) is 4.79 Å². The molecule has 2 aromatic rings. The molecule has 1 heterocycles. The SMILES string of the molecule is C=C(Sc1cc(OC)ccc1I)N(CCCC(=O)NO)c1ncnc(N)c1C. The van der Waals surface area contributed by atoms with Crippen molar-refractivity contribution in [3.8, 4) is 5.75 Å². The second-order valence-electron chi connectivity index (χ2n) is 5.79. The number of nitrogens with one attached hydrogen (secondary N) is 1. The van der Waals surface area contributed by atoms with Gasteiger partial charge in [-0.3, -0.25) is 10.0 Å². The summed E-state index contributed by atoms with van der Waals surface area (Å²) >= 11 is 3.73. The second kappa shape index (κ2) is 10.5. The van der Waals surface area contributed by atoms with Crippen LogP contribution in [0.25, 0.3) is 0 Å². The molecular weight excluding hydrogens is 493 g/mol. The molecule has 0 saturated heterocycles. The third-order valence-corrected chi connectivity index (χ3v) is 6.25. The highest BCUT2D eigenvalue weighted by Crippen LogP contribution is 2.36. The van der Waals surface area contributed by atoms with E-state index >= 15 is 0 Å². The van der Waals surface area contributed by atoms with Gasteiger partial charge in [-0.05, 0) is 54.1 Å². The van der Waals surface area contributed by atoms with Crippen LogP contribution in [-0.4, -0.2) is 34.7 Å². The highest BCUT2D eigenvalue weighted by molar-refractivity contribution is 14.1. The molecule has 0 aliphatic carbocycles. The molecule has 0 aliphatic rings. The van der Waals surface area contributed by atoms with Crippen LogP contribution >= 0.6 is 34.4 Å². The van der Waals surface area contributed by atoms with E-state index in [2.05, 4.69) is 39.1 Å². The van der Waals surface area contributed by atoms with Crippen LogP contribution in [0, 0.1) is 10.5 Å². The van der Waals surface area contributed by atoms with Gasteiger partial charge in [-0.2, -0.15) is 0 Å². The van der Waals surface area contributed by atoms with Gasteiger partial charge in [0.1, 0.15) is 23.7 Å². The van der Waals surface area contributed by atoms with Gasteiger partial charge in [0.25, 0.3) is 0 Å². The highest BCUT2D eigenvalue weighted by Gasteiger charge is 2.18. The molecule has 0 unspecified atom stereocenters. The Balaban J connectivity index is 2.28. The predicted molar refractivity (Wildman–Crippen MR) is 118 cm³/mol. The summed E-state index contributed by atoms with van der Waals surface area (Å²) in [5.74, 6) is 1.33. The number of hydrogen-bond donors (Lipinski definition) is 3. The van der Waals surface area contributed by atoms with E-state index in [4.69, 9.17) is 15.7 Å². The fourth-order valence-electron chi connectivity index (χ4n) is 2.40. The number of carbonyl (C=O) groups excluding carboxylic acids is 1. The predicted octanol–water partition coefficient (Wildman–Crippen LogP) is 3.34. The Bertz CT molecular complexity index is 865. The summed E-state index contributed by atoms with van der Waals surface area (Å²) in [5, 5.41) is 9.42. The van der Waals surface area contributed by atoms with Crippen LogP contribution < -0.4 is 20.9 Å². The van der Waals surface area contributed by atoms with Crippen molar-refractivity contribution >= 4 is 51.9 Å². The van der Waals surface area contributed by atoms with Gasteiger partial charge in [-0.15, -0.1) is 0 Å². The topological polar surface area (TPSA) is 114 Å². The summed E-state index contributed by atoms with van der Waals surface area (Å²) in [4.78, 5) is 22.6. The minimum absolute atomic E-state index is 0.168. The highest BCUT2D eigenvalue weighted by atomic mass is 127. The van der Waals surface area contributed by atoms with Crippen molar-refractivity contribution in [1.82, 2.24) is 15.4 Å². The van der Waals surface area contributed by atoms with E-state index in [9.17, 15) is 4.79 Å². The lowest BCUT2D eigenvalue weighted by Gasteiger charge is -2.27. The zero-order chi connectivity index (χ0) is 20.7. The second-order valence-corrected chi connectivity index (χ2v) is 8.07. The number of thioether (sulfide) groups is 1. The molecule has 28 heavy (non-hydrogen) atoms. The molecule has 0 saturated carbocycles. The van der Waals surface area contributed by atoms with Gasteiger partial charge < -0.3 is 15.4 Å². The number of hydroxylamine groups is 1. The maximum atomic E-state index is 11.4. The lowest BCUT2D eigenvalue weighted by Crippen LogP contribution is -2.26. The molecule has 1 aromatic carbocycles. The number of anilines is 2. The van der Waals surface area contributed by atoms with E-state index in [0.717, 1.165) is 24.8 Å². The number of hydrogen-bond acceptors (Lipinski definition) is 8. The molecule has 0 spiro atoms. The van der Waals surface area contributed by atoms with Crippen molar-refractivity contribution in [3.63, 3.8) is 0 Å². The summed E-state index contributed by atoms with van der Waals surface area (Å²) < 4.78 is 6.37. The lowest BCUT2D eigenvalue weighted by molar-refractivity contribution is -0.129. The number of nitrogen functional groups attached to an aromatic ring is 1. The van der Waals surface area contributed by atoms with Crippen LogP contribution in [0.15, 0.2) is 41.0 Å². The third kappa shape index (κ3) is 5.72. The third-order valence-electron chi connectivity index (χ3n) is 3.93. The first-order valence-electron chi connectivity index (χ1n) is 8.35. The summed E-state index contributed by atoms with van der Waals surface area (Å²) in [6, 6.07) is 5.81. The molecule has 0 atom stereocenters. The van der Waals surface area contributed by atoms with Gasteiger partial charge in [0.05, 0.1) is 12.1 Å². The first-order chi connectivity index (χ1) is 13.4. The summed E-state index contributed by atoms with van der Waals surface area (Å²) in [6.45, 7) is 6.51. The molecule has 0 aliphatic heterocycles. The zero-order valence-corrected chi connectivity index (χ0v) is 18.6. The van der Waals surface area contributed by atoms with E-state index in [0.29, 0.717) is 24.6 Å². The average Bonchev–Trinajstić information content (AvgIpc) is 2.69. The Kier molecular flexibility index (Phi) is 8.33. The minimum Gasteiger partial charge on any atom is -0.497 e. The number of methoxy groups -OCH3 is 1. The number of benzene rings is 1. The normalized spacial score (nSPS) is 10.4. The molecule has 4 N–H and O–H groups in total. The van der Waals surface area contributed by atoms with Crippen LogP contribution in [0.3, 0.4) is 0 Å². The van der Waals surface area contributed by atoms with Gasteiger partial charge in [-0.1, -0.05) is 18.3 Å².